The molecule has 0 radical (unpaired) electrons. The van der Waals surface area contributed by atoms with Gasteiger partial charge in [-0.2, -0.15) is 13.2 Å². The molecule has 1 N–H and O–H groups in total. The second-order valence-corrected chi connectivity index (χ2v) is 6.78. The van der Waals surface area contributed by atoms with Crippen LogP contribution in [-0.4, -0.2) is 18.9 Å². The Kier molecular flexibility index (Phi) is 6.01. The monoisotopic (exact) mass is 345 g/mol. The number of carbonyl (C=O) groups excluding carboxylic acids is 1. The van der Waals surface area contributed by atoms with Gasteiger partial charge in [-0.05, 0) is 56.0 Å². The van der Waals surface area contributed by atoms with Crippen LogP contribution in [0.25, 0.3) is 0 Å². The fourth-order valence-corrected chi connectivity index (χ4v) is 2.71. The van der Waals surface area contributed by atoms with Gasteiger partial charge in [-0.1, -0.05) is 19.9 Å². The minimum Gasteiger partial charge on any atom is -0.316 e. The number of carbonyl (C=O) groups is 1. The van der Waals surface area contributed by atoms with Crippen LogP contribution in [0, 0.1) is 17.7 Å². The molecule has 2 rings (SSSR count). The van der Waals surface area contributed by atoms with Gasteiger partial charge in [-0.15, -0.1) is 0 Å². The van der Waals surface area contributed by atoms with E-state index in [1.165, 1.54) is 12.8 Å². The molecule has 0 aliphatic heterocycles. The molecule has 134 valence electrons. The van der Waals surface area contributed by atoms with Gasteiger partial charge in [0.05, 0.1) is 5.56 Å². The molecule has 1 saturated carbocycles. The van der Waals surface area contributed by atoms with E-state index in [0.717, 1.165) is 18.7 Å². The van der Waals surface area contributed by atoms with Crippen LogP contribution < -0.4 is 5.32 Å². The van der Waals surface area contributed by atoms with Crippen LogP contribution in [0.5, 0.6) is 0 Å². The van der Waals surface area contributed by atoms with Crippen LogP contribution in [0.4, 0.5) is 17.6 Å². The van der Waals surface area contributed by atoms with Gasteiger partial charge >= 0.3 is 6.18 Å². The molecule has 0 unspecified atom stereocenters. The first-order valence-corrected chi connectivity index (χ1v) is 8.31. The molecule has 1 aliphatic carbocycles. The van der Waals surface area contributed by atoms with Crippen molar-refractivity contribution in [3.05, 3.63) is 35.1 Å². The Balaban J connectivity index is 2.13. The van der Waals surface area contributed by atoms with Crippen molar-refractivity contribution < 1.29 is 22.4 Å². The van der Waals surface area contributed by atoms with Crippen molar-refractivity contribution in [3.8, 4) is 0 Å². The van der Waals surface area contributed by atoms with Gasteiger partial charge in [-0.3, -0.25) is 4.79 Å². The molecule has 24 heavy (non-hydrogen) atoms. The first kappa shape index (κ1) is 18.9. The highest BCUT2D eigenvalue weighted by molar-refractivity contribution is 5.87. The fourth-order valence-electron chi connectivity index (χ4n) is 2.71. The lowest BCUT2D eigenvalue weighted by atomic mass is 9.85. The van der Waals surface area contributed by atoms with Crippen LogP contribution in [0.3, 0.4) is 0 Å². The van der Waals surface area contributed by atoms with E-state index in [2.05, 4.69) is 5.32 Å². The van der Waals surface area contributed by atoms with Crippen LogP contribution in [0.15, 0.2) is 18.2 Å². The summed E-state index contributed by atoms with van der Waals surface area (Å²) in [5, 5.41) is 3.24. The van der Waals surface area contributed by atoms with E-state index in [9.17, 15) is 22.4 Å². The normalized spacial score (nSPS) is 16.5. The van der Waals surface area contributed by atoms with E-state index >= 15 is 0 Å². The number of nitrogens with one attached hydrogen (secondary N) is 1. The smallest absolute Gasteiger partial charge is 0.316 e. The Labute approximate surface area is 139 Å². The van der Waals surface area contributed by atoms with Crippen LogP contribution in [0.2, 0.25) is 0 Å². The number of Topliss-reactive ketones (excluding diaryl/α,β-unsaturated/α-hetero) is 1. The lowest BCUT2D eigenvalue weighted by molar-refractivity contribution is -0.137. The summed E-state index contributed by atoms with van der Waals surface area (Å²) in [4.78, 5) is 12.4. The highest BCUT2D eigenvalue weighted by Crippen LogP contribution is 2.33. The first-order valence-electron chi connectivity index (χ1n) is 8.31. The average Bonchev–Trinajstić information content (AvgIpc) is 3.30. The Morgan fingerprint density at radius 1 is 1.29 bits per heavy atom. The van der Waals surface area contributed by atoms with Crippen LogP contribution in [0.1, 0.15) is 50.2 Å². The Morgan fingerprint density at radius 2 is 1.96 bits per heavy atom. The number of halogens is 4. The Hall–Kier alpha value is -1.43. The number of hydrogen-bond donors (Lipinski definition) is 1. The molecular weight excluding hydrogens is 322 g/mol. The third-order valence-electron chi connectivity index (χ3n) is 4.36. The predicted molar refractivity (Wildman–Crippen MR) is 84.2 cm³/mol. The predicted octanol–water partition coefficient (Wildman–Crippen LogP) is 4.54. The van der Waals surface area contributed by atoms with Gasteiger partial charge in [0, 0.05) is 11.8 Å². The minimum atomic E-state index is -4.59. The maximum atomic E-state index is 14.2. The van der Waals surface area contributed by atoms with Gasteiger partial charge in [0.25, 0.3) is 0 Å². The summed E-state index contributed by atoms with van der Waals surface area (Å²) in [6, 6.07) is 2.42. The fraction of sp³-hybridized carbons (Fsp3) is 0.611. The molecule has 6 heteroatoms. The standard InChI is InChI=1S/C18H23F4NO/c1-11(2)17(24)15(7-8-23-10-12-3-4-12)14-6-5-13(9-16(14)19)18(20,21)22/h5-6,9,11-12,15,23H,3-4,7-8,10H2,1-2H3/t15-/m1/s1. The van der Waals surface area contributed by atoms with E-state index in [0.29, 0.717) is 24.9 Å². The summed E-state index contributed by atoms with van der Waals surface area (Å²) in [7, 11) is 0. The molecular formula is C18H23F4NO. The van der Waals surface area contributed by atoms with E-state index in [-0.39, 0.29) is 17.3 Å². The summed E-state index contributed by atoms with van der Waals surface area (Å²) >= 11 is 0. The molecule has 2 nitrogen and oxygen atoms in total. The zero-order chi connectivity index (χ0) is 17.9. The first-order chi connectivity index (χ1) is 11.2. The van der Waals surface area contributed by atoms with E-state index in [1.807, 2.05) is 0 Å². The largest absolute Gasteiger partial charge is 0.416 e. The summed E-state index contributed by atoms with van der Waals surface area (Å²) < 4.78 is 52.3. The minimum absolute atomic E-state index is 0.0509. The van der Waals surface area contributed by atoms with Crippen molar-refractivity contribution in [2.24, 2.45) is 11.8 Å². The van der Waals surface area contributed by atoms with Gasteiger partial charge in [0.15, 0.2) is 0 Å². The number of ketones is 1. The van der Waals surface area contributed by atoms with Gasteiger partial charge in [0.2, 0.25) is 0 Å². The molecule has 1 aromatic carbocycles. The number of rotatable bonds is 8. The molecule has 1 aliphatic rings. The molecule has 0 aromatic heterocycles. The maximum Gasteiger partial charge on any atom is 0.416 e. The summed E-state index contributed by atoms with van der Waals surface area (Å²) in [5.41, 5.74) is -0.985. The van der Waals surface area contributed by atoms with Crippen molar-refractivity contribution in [1.29, 1.82) is 0 Å². The molecule has 0 bridgehead atoms. The quantitative estimate of drug-likeness (QED) is 0.553. The number of benzene rings is 1. The van der Waals surface area contributed by atoms with E-state index in [1.54, 1.807) is 13.8 Å². The van der Waals surface area contributed by atoms with E-state index in [4.69, 9.17) is 0 Å². The van der Waals surface area contributed by atoms with Crippen LogP contribution >= 0.6 is 0 Å². The molecule has 0 spiro atoms. The molecule has 1 atom stereocenters. The summed E-state index contributed by atoms with van der Waals surface area (Å²) in [6.45, 7) is 4.85. The van der Waals surface area contributed by atoms with Crippen molar-refractivity contribution in [3.63, 3.8) is 0 Å². The second kappa shape index (κ2) is 7.64. The van der Waals surface area contributed by atoms with Gasteiger partial charge in [-0.25, -0.2) is 4.39 Å². The SMILES string of the molecule is CC(C)C(=O)[C@H](CCNCC1CC1)c1ccc(C(F)(F)F)cc1F. The zero-order valence-corrected chi connectivity index (χ0v) is 13.9. The third-order valence-corrected chi connectivity index (χ3v) is 4.36. The van der Waals surface area contributed by atoms with Crippen molar-refractivity contribution in [2.45, 2.75) is 45.2 Å². The zero-order valence-electron chi connectivity index (χ0n) is 13.9. The summed E-state index contributed by atoms with van der Waals surface area (Å²) in [6.07, 6.45) is -1.81. The van der Waals surface area contributed by atoms with Crippen molar-refractivity contribution in [1.82, 2.24) is 5.32 Å². The lowest BCUT2D eigenvalue weighted by Crippen LogP contribution is -2.26. The topological polar surface area (TPSA) is 29.1 Å². The van der Waals surface area contributed by atoms with Crippen molar-refractivity contribution >= 4 is 5.78 Å². The van der Waals surface area contributed by atoms with Crippen molar-refractivity contribution in [2.75, 3.05) is 13.1 Å². The Morgan fingerprint density at radius 3 is 2.46 bits per heavy atom. The second-order valence-electron chi connectivity index (χ2n) is 6.78. The average molecular weight is 345 g/mol. The molecule has 1 aromatic rings. The Bertz CT molecular complexity index is 579. The molecule has 0 amide bonds. The van der Waals surface area contributed by atoms with E-state index < -0.39 is 23.5 Å². The van der Waals surface area contributed by atoms with Crippen LogP contribution in [-0.2, 0) is 11.0 Å². The molecule has 0 heterocycles. The number of alkyl halides is 3. The molecule has 0 saturated heterocycles. The highest BCUT2D eigenvalue weighted by Gasteiger charge is 2.33. The van der Waals surface area contributed by atoms with Gasteiger partial charge < -0.3 is 5.32 Å². The number of hydrogen-bond acceptors (Lipinski definition) is 2. The lowest BCUT2D eigenvalue weighted by Gasteiger charge is -2.20. The summed E-state index contributed by atoms with van der Waals surface area (Å²) in [5.74, 6) is -1.46. The highest BCUT2D eigenvalue weighted by atomic mass is 19.4. The molecule has 1 fully saturated rings. The third kappa shape index (κ3) is 5.03. The maximum absolute atomic E-state index is 14.2. The van der Waals surface area contributed by atoms with Gasteiger partial charge in [0.1, 0.15) is 11.6 Å².